The minimum atomic E-state index is -1.42. The highest BCUT2D eigenvalue weighted by Crippen LogP contribution is 2.60. The largest absolute Gasteiger partial charge is 0.387 e. The summed E-state index contributed by atoms with van der Waals surface area (Å²) in [4.78, 5) is 11.0. The molecule has 0 amide bonds. The molecule has 4 heteroatoms. The second kappa shape index (κ2) is 3.08. The van der Waals surface area contributed by atoms with Gasteiger partial charge in [-0.1, -0.05) is 19.6 Å². The third-order valence-electron chi connectivity index (χ3n) is 3.79. The second-order valence-electron chi connectivity index (χ2n) is 6.27. The van der Waals surface area contributed by atoms with Crippen LogP contribution in [0.3, 0.4) is 0 Å². The van der Waals surface area contributed by atoms with Gasteiger partial charge in [-0.25, -0.2) is 0 Å². The highest BCUT2D eigenvalue weighted by atomic mass is 35.5. The molecule has 1 N–H and O–H groups in total. The van der Waals surface area contributed by atoms with Gasteiger partial charge in [0.1, 0.15) is 10.5 Å². The first-order valence-electron chi connectivity index (χ1n) is 5.66. The van der Waals surface area contributed by atoms with Crippen LogP contribution in [0.1, 0.15) is 19.3 Å². The molecule has 2 aliphatic rings. The Bertz CT molecular complexity index is 312. The Balaban J connectivity index is 2.25. The molecule has 0 unspecified atom stereocenters. The van der Waals surface area contributed by atoms with Gasteiger partial charge in [-0.3, -0.25) is 4.79 Å². The van der Waals surface area contributed by atoms with E-state index in [4.69, 9.17) is 11.6 Å². The molecule has 2 aliphatic carbocycles. The molecular formula is C11H19ClO2Si. The molecule has 0 aromatic rings. The van der Waals surface area contributed by atoms with Crippen molar-refractivity contribution >= 4 is 25.5 Å². The average Bonchev–Trinajstić information content (AvgIpc) is 2.42. The summed E-state index contributed by atoms with van der Waals surface area (Å²) in [6.07, 6.45) is 2.47. The lowest BCUT2D eigenvalue weighted by Crippen LogP contribution is -2.72. The van der Waals surface area contributed by atoms with Crippen LogP contribution in [0.5, 0.6) is 0 Å². The minimum Gasteiger partial charge on any atom is -0.387 e. The molecule has 2 rings (SSSR count). The van der Waals surface area contributed by atoms with Gasteiger partial charge in [0, 0.05) is 8.07 Å². The number of ketones is 1. The Morgan fingerprint density at radius 1 is 1.53 bits per heavy atom. The Labute approximate surface area is 97.0 Å². The van der Waals surface area contributed by atoms with Crippen molar-refractivity contribution in [2.45, 2.75) is 55.4 Å². The van der Waals surface area contributed by atoms with Crippen molar-refractivity contribution in [3.05, 3.63) is 0 Å². The van der Waals surface area contributed by atoms with Gasteiger partial charge in [0.15, 0.2) is 5.78 Å². The maximum absolute atomic E-state index is 12.0. The van der Waals surface area contributed by atoms with Gasteiger partial charge in [-0.2, -0.15) is 0 Å². The first kappa shape index (κ1) is 11.6. The summed E-state index contributed by atoms with van der Waals surface area (Å²) in [5.41, 5.74) is -0.883. The van der Waals surface area contributed by atoms with E-state index in [0.717, 1.165) is 12.8 Å². The zero-order valence-electron chi connectivity index (χ0n) is 9.64. The lowest BCUT2D eigenvalue weighted by molar-refractivity contribution is -0.162. The number of halogens is 1. The van der Waals surface area contributed by atoms with Gasteiger partial charge in [0.25, 0.3) is 0 Å². The topological polar surface area (TPSA) is 37.3 Å². The Morgan fingerprint density at radius 2 is 2.13 bits per heavy atom. The molecule has 0 heterocycles. The Morgan fingerprint density at radius 3 is 2.67 bits per heavy atom. The standard InChI is InChI=1S/C11H19ClO2Si/c1-15(2,3)7-10(12)9(13)8-5-4-6-11(8,10)14/h8,14H,4-7H2,1-3H3/t8-,10-,11+/m0/s1. The fourth-order valence-electron chi connectivity index (χ4n) is 3.19. The summed E-state index contributed by atoms with van der Waals surface area (Å²) in [6, 6.07) is 0.702. The average molecular weight is 247 g/mol. The molecule has 15 heavy (non-hydrogen) atoms. The molecular weight excluding hydrogens is 228 g/mol. The molecule has 0 saturated heterocycles. The highest BCUT2D eigenvalue weighted by Gasteiger charge is 2.72. The fraction of sp³-hybridized carbons (Fsp3) is 0.909. The van der Waals surface area contributed by atoms with Crippen LogP contribution in [0.25, 0.3) is 0 Å². The predicted molar refractivity (Wildman–Crippen MR) is 64.0 cm³/mol. The molecule has 0 aromatic heterocycles. The zero-order chi connectivity index (χ0) is 11.5. The van der Waals surface area contributed by atoms with Crippen LogP contribution in [-0.4, -0.2) is 29.4 Å². The monoisotopic (exact) mass is 246 g/mol. The maximum Gasteiger partial charge on any atom is 0.162 e. The van der Waals surface area contributed by atoms with Crippen LogP contribution in [0, 0.1) is 5.92 Å². The van der Waals surface area contributed by atoms with Crippen molar-refractivity contribution in [2.24, 2.45) is 5.92 Å². The predicted octanol–water partition coefficient (Wildman–Crippen LogP) is 2.42. The van der Waals surface area contributed by atoms with E-state index in [0.29, 0.717) is 12.5 Å². The molecule has 2 fully saturated rings. The number of fused-ring (bicyclic) bond motifs is 1. The van der Waals surface area contributed by atoms with Crippen molar-refractivity contribution in [2.75, 3.05) is 0 Å². The van der Waals surface area contributed by atoms with Gasteiger partial charge in [-0.15, -0.1) is 11.6 Å². The van der Waals surface area contributed by atoms with Gasteiger partial charge in [0.2, 0.25) is 0 Å². The quantitative estimate of drug-likeness (QED) is 0.600. The van der Waals surface area contributed by atoms with Gasteiger partial charge in [0.05, 0.1) is 5.92 Å². The van der Waals surface area contributed by atoms with Gasteiger partial charge < -0.3 is 5.11 Å². The van der Waals surface area contributed by atoms with Crippen LogP contribution in [0.4, 0.5) is 0 Å². The summed E-state index contributed by atoms with van der Waals surface area (Å²) >= 11 is 6.42. The number of carbonyl (C=O) groups excluding carboxylic acids is 1. The Kier molecular flexibility index (Phi) is 2.39. The zero-order valence-corrected chi connectivity index (χ0v) is 11.4. The second-order valence-corrected chi connectivity index (χ2v) is 12.4. The number of hydrogen-bond donors (Lipinski definition) is 1. The van der Waals surface area contributed by atoms with E-state index >= 15 is 0 Å². The van der Waals surface area contributed by atoms with Crippen molar-refractivity contribution in [3.63, 3.8) is 0 Å². The molecule has 0 spiro atoms. The van der Waals surface area contributed by atoms with E-state index in [-0.39, 0.29) is 11.7 Å². The van der Waals surface area contributed by atoms with E-state index in [2.05, 4.69) is 19.6 Å². The molecule has 3 atom stereocenters. The summed E-state index contributed by atoms with van der Waals surface area (Å²) < 4.78 is 0. The highest BCUT2D eigenvalue weighted by molar-refractivity contribution is 6.77. The van der Waals surface area contributed by atoms with Crippen LogP contribution in [0.2, 0.25) is 25.7 Å². The number of carbonyl (C=O) groups is 1. The fourth-order valence-corrected chi connectivity index (χ4v) is 6.70. The Hall–Kier alpha value is 0.137. The first-order valence-corrected chi connectivity index (χ1v) is 9.75. The van der Waals surface area contributed by atoms with Gasteiger partial charge >= 0.3 is 0 Å². The molecule has 0 aromatic carbocycles. The van der Waals surface area contributed by atoms with Crippen molar-refractivity contribution < 1.29 is 9.90 Å². The van der Waals surface area contributed by atoms with Gasteiger partial charge in [-0.05, 0) is 25.3 Å². The van der Waals surface area contributed by atoms with E-state index in [1.165, 1.54) is 0 Å². The van der Waals surface area contributed by atoms with Crippen molar-refractivity contribution in [1.82, 2.24) is 0 Å². The molecule has 2 nitrogen and oxygen atoms in total. The maximum atomic E-state index is 12.0. The van der Waals surface area contributed by atoms with E-state index in [1.807, 2.05) is 0 Å². The third-order valence-corrected chi connectivity index (χ3v) is 6.26. The van der Waals surface area contributed by atoms with Crippen LogP contribution in [0.15, 0.2) is 0 Å². The first-order chi connectivity index (χ1) is 6.71. The van der Waals surface area contributed by atoms with Crippen LogP contribution < -0.4 is 0 Å². The van der Waals surface area contributed by atoms with E-state index in [9.17, 15) is 9.90 Å². The lowest BCUT2D eigenvalue weighted by atomic mass is 9.61. The smallest absolute Gasteiger partial charge is 0.162 e. The van der Waals surface area contributed by atoms with Crippen LogP contribution >= 0.6 is 11.6 Å². The third kappa shape index (κ3) is 1.43. The summed E-state index contributed by atoms with van der Waals surface area (Å²) in [5, 5.41) is 10.5. The molecule has 2 saturated carbocycles. The normalized spacial score (nSPS) is 45.1. The number of hydrogen-bond acceptors (Lipinski definition) is 2. The number of rotatable bonds is 2. The van der Waals surface area contributed by atoms with Crippen molar-refractivity contribution in [3.8, 4) is 0 Å². The minimum absolute atomic E-state index is 0.103. The van der Waals surface area contributed by atoms with Crippen LogP contribution in [-0.2, 0) is 4.79 Å². The lowest BCUT2D eigenvalue weighted by Gasteiger charge is -2.55. The SMILES string of the molecule is C[Si](C)(C)C[C@]1(Cl)C(=O)[C@@H]2CCC[C@@]21O. The van der Waals surface area contributed by atoms with E-state index < -0.39 is 18.5 Å². The number of alkyl halides is 1. The summed E-state index contributed by atoms with van der Waals surface area (Å²) in [7, 11) is -1.42. The summed E-state index contributed by atoms with van der Waals surface area (Å²) in [5.74, 6) is -0.0575. The van der Waals surface area contributed by atoms with E-state index in [1.54, 1.807) is 0 Å². The number of Topliss-reactive ketones (excluding diaryl/α,β-unsaturated/α-hetero) is 1. The van der Waals surface area contributed by atoms with Crippen molar-refractivity contribution in [1.29, 1.82) is 0 Å². The molecule has 86 valence electrons. The molecule has 0 aliphatic heterocycles. The number of aliphatic hydroxyl groups is 1. The molecule has 0 radical (unpaired) electrons. The summed E-state index contributed by atoms with van der Waals surface area (Å²) in [6.45, 7) is 6.57. The molecule has 0 bridgehead atoms.